The lowest BCUT2D eigenvalue weighted by molar-refractivity contribution is -0.118. The molecule has 2 aromatic rings. The highest BCUT2D eigenvalue weighted by molar-refractivity contribution is 8.15. The van der Waals surface area contributed by atoms with Gasteiger partial charge in [0.2, 0.25) is 5.91 Å². The Labute approximate surface area is 166 Å². The van der Waals surface area contributed by atoms with Crippen LogP contribution in [0.2, 0.25) is 10.0 Å². The van der Waals surface area contributed by atoms with Crippen molar-refractivity contribution in [2.45, 2.75) is 25.5 Å². The number of thioether (sulfide) groups is 1. The predicted molar refractivity (Wildman–Crippen MR) is 111 cm³/mol. The second kappa shape index (κ2) is 8.25. The number of carbonyl (C=O) groups is 1. The van der Waals surface area contributed by atoms with E-state index < -0.39 is 0 Å². The van der Waals surface area contributed by atoms with Gasteiger partial charge in [0.1, 0.15) is 0 Å². The highest BCUT2D eigenvalue weighted by Crippen LogP contribution is 2.28. The Balaban J connectivity index is 1.70. The van der Waals surface area contributed by atoms with Crippen molar-refractivity contribution in [2.75, 3.05) is 0 Å². The summed E-state index contributed by atoms with van der Waals surface area (Å²) >= 11 is 13.5. The number of nitrogens with zero attached hydrogens (tertiary/aromatic N) is 2. The summed E-state index contributed by atoms with van der Waals surface area (Å²) in [6.45, 7) is 3.92. The van der Waals surface area contributed by atoms with Crippen molar-refractivity contribution in [3.05, 3.63) is 69.2 Å². The van der Waals surface area contributed by atoms with Crippen molar-refractivity contribution in [3.8, 4) is 0 Å². The molecule has 2 aromatic carbocycles. The van der Waals surface area contributed by atoms with Gasteiger partial charge >= 0.3 is 0 Å². The van der Waals surface area contributed by atoms with Crippen LogP contribution in [0.25, 0.3) is 0 Å². The maximum atomic E-state index is 12.2. The molecular weight excluding hydrogens is 389 g/mol. The number of hydrogen-bond donors (Lipinski definition) is 1. The van der Waals surface area contributed by atoms with Crippen molar-refractivity contribution in [1.82, 2.24) is 5.32 Å². The Hall–Kier alpha value is -1.82. The third-order valence-corrected chi connectivity index (χ3v) is 5.63. The van der Waals surface area contributed by atoms with E-state index in [1.165, 1.54) is 17.3 Å². The van der Waals surface area contributed by atoms with Gasteiger partial charge in [-0.1, -0.05) is 64.8 Å². The molecule has 0 aromatic heterocycles. The normalized spacial score (nSPS) is 19.1. The number of amides is 1. The second-order valence-corrected chi connectivity index (χ2v) is 8.03. The van der Waals surface area contributed by atoms with Crippen molar-refractivity contribution in [1.29, 1.82) is 0 Å². The quantitative estimate of drug-likeness (QED) is 0.583. The molecule has 1 aliphatic rings. The van der Waals surface area contributed by atoms with Gasteiger partial charge in [0.05, 0.1) is 11.0 Å². The number of carbonyl (C=O) groups excluding carboxylic acids is 1. The number of amidine groups is 1. The molecule has 0 unspecified atom stereocenters. The molecule has 1 atom stereocenters. The first kappa shape index (κ1) is 19.0. The first-order valence-corrected chi connectivity index (χ1v) is 9.66. The van der Waals surface area contributed by atoms with Gasteiger partial charge in [-0.05, 0) is 49.6 Å². The van der Waals surface area contributed by atoms with Crippen molar-refractivity contribution in [2.24, 2.45) is 10.2 Å². The van der Waals surface area contributed by atoms with E-state index in [4.69, 9.17) is 23.2 Å². The Bertz CT molecular complexity index is 894. The lowest BCUT2D eigenvalue weighted by atomic mass is 10.1. The van der Waals surface area contributed by atoms with Crippen LogP contribution in [0.3, 0.4) is 0 Å². The maximum Gasteiger partial charge on any atom is 0.239 e. The van der Waals surface area contributed by atoms with Gasteiger partial charge in [-0.3, -0.25) is 4.79 Å². The molecule has 1 saturated heterocycles. The summed E-state index contributed by atoms with van der Waals surface area (Å²) in [5.41, 5.74) is 3.81. The lowest BCUT2D eigenvalue weighted by Gasteiger charge is -2.07. The van der Waals surface area contributed by atoms with Crippen LogP contribution >= 0.6 is 35.0 Å². The summed E-state index contributed by atoms with van der Waals surface area (Å²) in [5.74, 6) is -0.104. The first-order valence-electron chi connectivity index (χ1n) is 8.03. The molecule has 26 heavy (non-hydrogen) atoms. The van der Waals surface area contributed by atoms with E-state index >= 15 is 0 Å². The Morgan fingerprint density at radius 3 is 2.65 bits per heavy atom. The van der Waals surface area contributed by atoms with Crippen LogP contribution in [0, 0.1) is 6.92 Å². The fourth-order valence-corrected chi connectivity index (χ4v) is 3.79. The number of aryl methyl sites for hydroxylation is 1. The lowest BCUT2D eigenvalue weighted by Crippen LogP contribution is -2.26. The third kappa shape index (κ3) is 4.67. The zero-order valence-corrected chi connectivity index (χ0v) is 16.6. The van der Waals surface area contributed by atoms with E-state index in [9.17, 15) is 4.79 Å². The molecule has 134 valence electrons. The molecular formula is C19H17Cl2N3OS. The third-order valence-electron chi connectivity index (χ3n) is 3.95. The maximum absolute atomic E-state index is 12.2. The fourth-order valence-electron chi connectivity index (χ4n) is 2.46. The molecule has 1 aliphatic heterocycles. The van der Waals surface area contributed by atoms with Gasteiger partial charge in [-0.25, -0.2) is 0 Å². The van der Waals surface area contributed by atoms with Crippen LogP contribution < -0.4 is 5.32 Å². The van der Waals surface area contributed by atoms with Gasteiger partial charge in [-0.2, -0.15) is 5.10 Å². The van der Waals surface area contributed by atoms with Crippen molar-refractivity contribution >= 4 is 51.8 Å². The smallest absolute Gasteiger partial charge is 0.239 e. The number of rotatable bonds is 4. The Morgan fingerprint density at radius 2 is 1.92 bits per heavy atom. The molecule has 1 N–H and O–H groups in total. The first-order chi connectivity index (χ1) is 12.4. The van der Waals surface area contributed by atoms with Gasteiger partial charge in [0.25, 0.3) is 0 Å². The van der Waals surface area contributed by atoms with Crippen LogP contribution in [0.5, 0.6) is 0 Å². The van der Waals surface area contributed by atoms with Crippen molar-refractivity contribution < 1.29 is 4.79 Å². The Morgan fingerprint density at radius 1 is 1.19 bits per heavy atom. The molecule has 0 spiro atoms. The van der Waals surface area contributed by atoms with Crippen LogP contribution in [0.15, 0.2) is 52.7 Å². The van der Waals surface area contributed by atoms with E-state index in [-0.39, 0.29) is 11.2 Å². The number of nitrogens with one attached hydrogen (secondary N) is 1. The summed E-state index contributed by atoms with van der Waals surface area (Å²) < 4.78 is 0. The summed E-state index contributed by atoms with van der Waals surface area (Å²) in [5, 5.41) is 12.6. The molecule has 7 heteroatoms. The summed E-state index contributed by atoms with van der Waals surface area (Å²) in [6, 6.07) is 13.3. The average molecular weight is 406 g/mol. The molecule has 0 bridgehead atoms. The Kier molecular flexibility index (Phi) is 6.01. The fraction of sp³-hybridized carbons (Fsp3) is 0.211. The minimum absolute atomic E-state index is 0.104. The van der Waals surface area contributed by atoms with Crippen LogP contribution in [-0.2, 0) is 11.2 Å². The largest absolute Gasteiger partial charge is 0.303 e. The van der Waals surface area contributed by atoms with Crippen LogP contribution in [0.1, 0.15) is 23.6 Å². The van der Waals surface area contributed by atoms with Gasteiger partial charge in [0.15, 0.2) is 5.17 Å². The molecule has 0 radical (unpaired) electrons. The van der Waals surface area contributed by atoms with Crippen LogP contribution in [-0.4, -0.2) is 22.0 Å². The number of hydrogen-bond acceptors (Lipinski definition) is 4. The predicted octanol–water partition coefficient (Wildman–Crippen LogP) is 4.86. The van der Waals surface area contributed by atoms with Crippen molar-refractivity contribution in [3.63, 3.8) is 0 Å². The minimum Gasteiger partial charge on any atom is -0.303 e. The van der Waals surface area contributed by atoms with Gasteiger partial charge < -0.3 is 5.32 Å². The molecule has 1 fully saturated rings. The van der Waals surface area contributed by atoms with E-state index in [0.717, 1.165) is 16.8 Å². The van der Waals surface area contributed by atoms with E-state index in [0.29, 0.717) is 21.6 Å². The highest BCUT2D eigenvalue weighted by atomic mass is 35.5. The highest BCUT2D eigenvalue weighted by Gasteiger charge is 2.31. The second-order valence-electron chi connectivity index (χ2n) is 5.99. The average Bonchev–Trinajstić information content (AvgIpc) is 2.96. The van der Waals surface area contributed by atoms with E-state index in [2.05, 4.69) is 15.5 Å². The topological polar surface area (TPSA) is 53.8 Å². The molecule has 4 nitrogen and oxygen atoms in total. The monoisotopic (exact) mass is 405 g/mol. The molecule has 1 heterocycles. The summed E-state index contributed by atoms with van der Waals surface area (Å²) in [4.78, 5) is 12.2. The number of halogens is 2. The van der Waals surface area contributed by atoms with E-state index in [1.54, 1.807) is 18.2 Å². The molecule has 0 aliphatic carbocycles. The number of benzene rings is 2. The van der Waals surface area contributed by atoms with Gasteiger partial charge in [0, 0.05) is 10.0 Å². The standard InChI is InChI=1S/C19H17Cl2N3OS/c1-11-3-5-13(6-4-11)12(2)23-24-19-22-18(25)17(26-19)10-14-9-15(20)7-8-16(14)21/h3-9,17H,10H2,1-2H3,(H,22,24,25)/t17-/m1/s1. The van der Waals surface area contributed by atoms with E-state index in [1.807, 2.05) is 38.1 Å². The minimum atomic E-state index is -0.306. The SMILES string of the molecule is CC(=N/N=C1\NC(=O)[C@@H](Cc2cc(Cl)ccc2Cl)S1)c1ccc(C)cc1. The zero-order chi connectivity index (χ0) is 18.7. The molecule has 0 saturated carbocycles. The summed E-state index contributed by atoms with van der Waals surface area (Å²) in [6.07, 6.45) is 0.482. The zero-order valence-electron chi connectivity index (χ0n) is 14.3. The molecule has 1 amide bonds. The summed E-state index contributed by atoms with van der Waals surface area (Å²) in [7, 11) is 0. The molecule has 3 rings (SSSR count). The van der Waals surface area contributed by atoms with Crippen LogP contribution in [0.4, 0.5) is 0 Å². The van der Waals surface area contributed by atoms with Gasteiger partial charge in [-0.15, -0.1) is 5.10 Å².